The first-order valence-electron chi connectivity index (χ1n) is 5.23. The smallest absolute Gasteiger partial charge is 0.320 e. The molecule has 2 rings (SSSR count). The standard InChI is InChI=1S/C10H10N6O2S/c1-5-3-6(2)14-10(13-5)19-8-7(16(17)18)4-12-9(11)15-8/h3-4H,1-2H3,(H2,11,12,15). The van der Waals surface area contributed by atoms with Crippen molar-refractivity contribution in [2.75, 3.05) is 5.73 Å². The molecule has 0 unspecified atom stereocenters. The quantitative estimate of drug-likeness (QED) is 0.388. The van der Waals surface area contributed by atoms with Crippen LogP contribution < -0.4 is 5.73 Å². The molecule has 19 heavy (non-hydrogen) atoms. The van der Waals surface area contributed by atoms with Crippen molar-refractivity contribution in [1.29, 1.82) is 0 Å². The SMILES string of the molecule is Cc1cc(C)nc(Sc2nc(N)ncc2[N+](=O)[O-])n1. The number of nitrogen functional groups attached to an aromatic ring is 1. The highest BCUT2D eigenvalue weighted by Gasteiger charge is 2.19. The van der Waals surface area contributed by atoms with E-state index in [1.54, 1.807) is 0 Å². The van der Waals surface area contributed by atoms with E-state index in [2.05, 4.69) is 19.9 Å². The van der Waals surface area contributed by atoms with Crippen LogP contribution in [0.25, 0.3) is 0 Å². The predicted molar refractivity (Wildman–Crippen MR) is 68.7 cm³/mol. The van der Waals surface area contributed by atoms with Crippen molar-refractivity contribution in [3.05, 3.63) is 33.8 Å². The Bertz CT molecular complexity index is 628. The molecular weight excluding hydrogens is 268 g/mol. The molecule has 9 heteroatoms. The summed E-state index contributed by atoms with van der Waals surface area (Å²) in [5, 5.41) is 11.4. The summed E-state index contributed by atoms with van der Waals surface area (Å²) in [5.41, 5.74) is 6.78. The van der Waals surface area contributed by atoms with Gasteiger partial charge in [0.25, 0.3) is 0 Å². The number of nitrogens with two attached hydrogens (primary N) is 1. The van der Waals surface area contributed by atoms with E-state index in [-0.39, 0.29) is 16.7 Å². The summed E-state index contributed by atoms with van der Waals surface area (Å²) in [4.78, 5) is 26.2. The van der Waals surface area contributed by atoms with E-state index in [4.69, 9.17) is 5.73 Å². The lowest BCUT2D eigenvalue weighted by atomic mass is 10.4. The molecule has 0 aromatic carbocycles. The number of hydrogen-bond acceptors (Lipinski definition) is 8. The van der Waals surface area contributed by atoms with Crippen LogP contribution in [0.2, 0.25) is 0 Å². The molecule has 0 aliphatic heterocycles. The number of nitrogens with zero attached hydrogens (tertiary/aromatic N) is 5. The van der Waals surface area contributed by atoms with Crippen molar-refractivity contribution in [2.24, 2.45) is 0 Å². The van der Waals surface area contributed by atoms with Crippen molar-refractivity contribution in [1.82, 2.24) is 19.9 Å². The topological polar surface area (TPSA) is 121 Å². The summed E-state index contributed by atoms with van der Waals surface area (Å²) >= 11 is 0.990. The Hall–Kier alpha value is -2.29. The fourth-order valence-corrected chi connectivity index (χ4v) is 2.32. The molecule has 0 saturated heterocycles. The van der Waals surface area contributed by atoms with Gasteiger partial charge < -0.3 is 5.73 Å². The molecule has 2 N–H and O–H groups in total. The summed E-state index contributed by atoms with van der Waals surface area (Å²) in [6.07, 6.45) is 1.08. The average molecular weight is 278 g/mol. The van der Waals surface area contributed by atoms with E-state index in [0.717, 1.165) is 29.3 Å². The Morgan fingerprint density at radius 2 is 1.89 bits per heavy atom. The third-order valence-corrected chi connectivity index (χ3v) is 2.96. The molecule has 0 radical (unpaired) electrons. The van der Waals surface area contributed by atoms with E-state index >= 15 is 0 Å². The summed E-state index contributed by atoms with van der Waals surface area (Å²) in [6.45, 7) is 3.64. The summed E-state index contributed by atoms with van der Waals surface area (Å²) in [7, 11) is 0. The maximum Gasteiger partial charge on any atom is 0.320 e. The van der Waals surface area contributed by atoms with Crippen LogP contribution in [-0.2, 0) is 0 Å². The van der Waals surface area contributed by atoms with Gasteiger partial charge in [-0.3, -0.25) is 10.1 Å². The van der Waals surface area contributed by atoms with Crippen LogP contribution in [0, 0.1) is 24.0 Å². The van der Waals surface area contributed by atoms with Crippen LogP contribution in [0.1, 0.15) is 11.4 Å². The lowest BCUT2D eigenvalue weighted by Crippen LogP contribution is -2.01. The molecule has 0 amide bonds. The van der Waals surface area contributed by atoms with E-state index in [1.807, 2.05) is 19.9 Å². The fraction of sp³-hybridized carbons (Fsp3) is 0.200. The minimum absolute atomic E-state index is 0.0301. The molecule has 0 saturated carbocycles. The highest BCUT2D eigenvalue weighted by molar-refractivity contribution is 7.99. The fourth-order valence-electron chi connectivity index (χ4n) is 1.40. The van der Waals surface area contributed by atoms with E-state index in [1.165, 1.54) is 0 Å². The van der Waals surface area contributed by atoms with Crippen molar-refractivity contribution in [3.63, 3.8) is 0 Å². The number of hydrogen-bond donors (Lipinski definition) is 1. The van der Waals surface area contributed by atoms with Crippen LogP contribution in [0.4, 0.5) is 11.6 Å². The Kier molecular flexibility index (Phi) is 3.56. The monoisotopic (exact) mass is 278 g/mol. The van der Waals surface area contributed by atoms with Crippen molar-refractivity contribution >= 4 is 23.4 Å². The third kappa shape index (κ3) is 3.13. The first kappa shape index (κ1) is 13.1. The number of rotatable bonds is 3. The second-order valence-corrected chi connectivity index (χ2v) is 4.67. The van der Waals surface area contributed by atoms with Gasteiger partial charge in [-0.05, 0) is 31.7 Å². The van der Waals surface area contributed by atoms with Crippen LogP contribution in [0.15, 0.2) is 22.4 Å². The molecule has 0 fully saturated rings. The third-order valence-electron chi connectivity index (χ3n) is 2.10. The maximum absolute atomic E-state index is 10.9. The number of aryl methyl sites for hydroxylation is 2. The summed E-state index contributed by atoms with van der Waals surface area (Å²) in [6, 6.07) is 1.81. The first-order chi connectivity index (χ1) is 8.95. The maximum atomic E-state index is 10.9. The number of nitro groups is 1. The molecule has 98 valence electrons. The van der Waals surface area contributed by atoms with Gasteiger partial charge in [0, 0.05) is 11.4 Å². The van der Waals surface area contributed by atoms with Gasteiger partial charge in [-0.2, -0.15) is 4.98 Å². The van der Waals surface area contributed by atoms with E-state index in [0.29, 0.717) is 5.16 Å². The Balaban J connectivity index is 2.42. The predicted octanol–water partition coefficient (Wildman–Crippen LogP) is 1.53. The van der Waals surface area contributed by atoms with Crippen molar-refractivity contribution < 1.29 is 4.92 Å². The molecule has 0 atom stereocenters. The minimum atomic E-state index is -0.565. The van der Waals surface area contributed by atoms with Gasteiger partial charge >= 0.3 is 5.69 Å². The van der Waals surface area contributed by atoms with Gasteiger partial charge in [0.05, 0.1) is 4.92 Å². The minimum Gasteiger partial charge on any atom is -0.368 e. The molecule has 2 aromatic rings. The van der Waals surface area contributed by atoms with Crippen LogP contribution in [0.3, 0.4) is 0 Å². The summed E-state index contributed by atoms with van der Waals surface area (Å²) in [5.74, 6) is -0.0301. The van der Waals surface area contributed by atoms with Crippen LogP contribution in [0.5, 0.6) is 0 Å². The van der Waals surface area contributed by atoms with Gasteiger partial charge in [0.1, 0.15) is 6.20 Å². The Morgan fingerprint density at radius 1 is 1.26 bits per heavy atom. The van der Waals surface area contributed by atoms with Crippen LogP contribution >= 0.6 is 11.8 Å². The van der Waals surface area contributed by atoms with Crippen LogP contribution in [-0.4, -0.2) is 24.9 Å². The highest BCUT2D eigenvalue weighted by Crippen LogP contribution is 2.31. The molecule has 2 aromatic heterocycles. The average Bonchev–Trinajstić information content (AvgIpc) is 2.26. The molecular formula is C10H10N6O2S. The molecule has 0 aliphatic carbocycles. The van der Waals surface area contributed by atoms with Gasteiger partial charge in [-0.25, -0.2) is 15.0 Å². The van der Waals surface area contributed by atoms with Gasteiger partial charge in [-0.1, -0.05) is 0 Å². The zero-order chi connectivity index (χ0) is 14.0. The van der Waals surface area contributed by atoms with Crippen molar-refractivity contribution in [2.45, 2.75) is 24.0 Å². The normalized spacial score (nSPS) is 10.4. The molecule has 0 spiro atoms. The molecule has 2 heterocycles. The van der Waals surface area contributed by atoms with Gasteiger partial charge in [-0.15, -0.1) is 0 Å². The second-order valence-electron chi connectivity index (χ2n) is 3.71. The molecule has 0 aliphatic rings. The van der Waals surface area contributed by atoms with Gasteiger partial charge in [0.15, 0.2) is 10.2 Å². The lowest BCUT2D eigenvalue weighted by molar-refractivity contribution is -0.388. The zero-order valence-electron chi connectivity index (χ0n) is 10.2. The molecule has 8 nitrogen and oxygen atoms in total. The highest BCUT2D eigenvalue weighted by atomic mass is 32.2. The second kappa shape index (κ2) is 5.14. The first-order valence-corrected chi connectivity index (χ1v) is 6.04. The molecule has 0 bridgehead atoms. The lowest BCUT2D eigenvalue weighted by Gasteiger charge is -2.03. The Labute approximate surface area is 112 Å². The number of aromatic nitrogens is 4. The van der Waals surface area contributed by atoms with E-state index in [9.17, 15) is 10.1 Å². The largest absolute Gasteiger partial charge is 0.368 e. The zero-order valence-corrected chi connectivity index (χ0v) is 11.0. The Morgan fingerprint density at radius 3 is 2.47 bits per heavy atom. The number of anilines is 1. The van der Waals surface area contributed by atoms with Gasteiger partial charge in [0.2, 0.25) is 5.95 Å². The van der Waals surface area contributed by atoms with Crippen molar-refractivity contribution in [3.8, 4) is 0 Å². The summed E-state index contributed by atoms with van der Waals surface area (Å²) < 4.78 is 0. The van der Waals surface area contributed by atoms with E-state index < -0.39 is 4.92 Å².